The van der Waals surface area contributed by atoms with E-state index in [1.807, 2.05) is 12.3 Å². The second-order valence-electron chi connectivity index (χ2n) is 9.88. The van der Waals surface area contributed by atoms with Crippen LogP contribution in [-0.2, 0) is 9.53 Å². The zero-order chi connectivity index (χ0) is 25.9. The largest absolute Gasteiger partial charge is 0.481 e. The number of amides is 1. The highest BCUT2D eigenvalue weighted by molar-refractivity contribution is 5.80. The molecule has 3 atom stereocenters. The van der Waals surface area contributed by atoms with Gasteiger partial charge in [-0.1, -0.05) is 18.2 Å². The minimum Gasteiger partial charge on any atom is -0.481 e. The molecule has 0 saturated carbocycles. The third-order valence-corrected chi connectivity index (χ3v) is 6.38. The van der Waals surface area contributed by atoms with Crippen LogP contribution in [0.1, 0.15) is 62.5 Å². The van der Waals surface area contributed by atoms with E-state index in [-0.39, 0.29) is 12.6 Å². The summed E-state index contributed by atoms with van der Waals surface area (Å²) in [6.07, 6.45) is 8.79. The van der Waals surface area contributed by atoms with Crippen molar-refractivity contribution in [1.82, 2.24) is 20.2 Å². The number of ether oxygens (including phenoxy) is 2. The maximum atomic E-state index is 13.2. The second kappa shape index (κ2) is 10.4. The van der Waals surface area contributed by atoms with Gasteiger partial charge in [-0.05, 0) is 57.5 Å². The standard InChI is InChI=1S/C27H32N4O5/c1-27(2,3)25(32)36-24-18(21-9-7-10-22(30-21)35-4)12-15-31(26(33)34)23(24)19-16-28-14-11-17(19)20-8-5-6-13-29-20/h6-7,9-14,16,20,23-24,29H,5,8,15H2,1-4H3,(H,33,34)/t20?,23?,24-/m1/s1. The quantitative estimate of drug-likeness (QED) is 0.587. The Morgan fingerprint density at radius 3 is 2.67 bits per heavy atom. The Morgan fingerprint density at radius 2 is 2.00 bits per heavy atom. The first kappa shape index (κ1) is 25.2. The van der Waals surface area contributed by atoms with E-state index in [0.717, 1.165) is 18.4 Å². The first-order chi connectivity index (χ1) is 17.2. The first-order valence-electron chi connectivity index (χ1n) is 12.0. The van der Waals surface area contributed by atoms with Gasteiger partial charge in [-0.3, -0.25) is 14.7 Å². The molecule has 2 aromatic heterocycles. The number of esters is 1. The summed E-state index contributed by atoms with van der Waals surface area (Å²) in [5.74, 6) is -0.0329. The van der Waals surface area contributed by atoms with Crippen LogP contribution in [-0.4, -0.2) is 51.8 Å². The zero-order valence-corrected chi connectivity index (χ0v) is 21.0. The van der Waals surface area contributed by atoms with Crippen LogP contribution in [0.2, 0.25) is 0 Å². The summed E-state index contributed by atoms with van der Waals surface area (Å²) in [7, 11) is 1.53. The first-order valence-corrected chi connectivity index (χ1v) is 12.0. The Labute approximate surface area is 210 Å². The van der Waals surface area contributed by atoms with E-state index in [2.05, 4.69) is 21.4 Å². The molecule has 0 saturated heterocycles. The predicted octanol–water partition coefficient (Wildman–Crippen LogP) is 4.50. The van der Waals surface area contributed by atoms with Gasteiger partial charge in [-0.25, -0.2) is 9.78 Å². The zero-order valence-electron chi connectivity index (χ0n) is 21.0. The van der Waals surface area contributed by atoms with Crippen molar-refractivity contribution in [3.63, 3.8) is 0 Å². The Balaban J connectivity index is 1.88. The minimum atomic E-state index is -1.11. The Morgan fingerprint density at radius 1 is 1.19 bits per heavy atom. The van der Waals surface area contributed by atoms with E-state index in [4.69, 9.17) is 9.47 Å². The van der Waals surface area contributed by atoms with Crippen LogP contribution in [0.25, 0.3) is 5.57 Å². The van der Waals surface area contributed by atoms with Gasteiger partial charge in [0.2, 0.25) is 5.88 Å². The minimum absolute atomic E-state index is 0.0214. The highest BCUT2D eigenvalue weighted by Gasteiger charge is 2.43. The Kier molecular flexibility index (Phi) is 7.28. The lowest BCUT2D eigenvalue weighted by Gasteiger charge is -2.41. The molecule has 9 nitrogen and oxygen atoms in total. The number of hydrogen-bond donors (Lipinski definition) is 2. The SMILES string of the molecule is COc1cccc(C2=CCN(C(=O)O)C(c3cnccc3C3CCC=CN3)[C@@H]2OC(=O)C(C)(C)C)n1. The molecule has 4 heterocycles. The number of methoxy groups -OCH3 is 1. The lowest BCUT2D eigenvalue weighted by Crippen LogP contribution is -2.47. The van der Waals surface area contributed by atoms with Crippen molar-refractivity contribution in [2.45, 2.75) is 51.8 Å². The maximum Gasteiger partial charge on any atom is 0.408 e. The normalized spacial score (nSPS) is 21.8. The van der Waals surface area contributed by atoms with E-state index in [1.165, 1.54) is 12.0 Å². The lowest BCUT2D eigenvalue weighted by atomic mass is 9.85. The van der Waals surface area contributed by atoms with Crippen LogP contribution < -0.4 is 10.1 Å². The van der Waals surface area contributed by atoms with Gasteiger partial charge in [0, 0.05) is 36.1 Å². The lowest BCUT2D eigenvalue weighted by molar-refractivity contribution is -0.158. The van der Waals surface area contributed by atoms with Crippen molar-refractivity contribution in [2.75, 3.05) is 13.7 Å². The number of nitrogens with zero attached hydrogens (tertiary/aromatic N) is 3. The van der Waals surface area contributed by atoms with Crippen molar-refractivity contribution in [2.24, 2.45) is 5.41 Å². The molecule has 2 unspecified atom stereocenters. The van der Waals surface area contributed by atoms with Gasteiger partial charge in [0.15, 0.2) is 6.10 Å². The molecule has 0 spiro atoms. The van der Waals surface area contributed by atoms with Crippen LogP contribution >= 0.6 is 0 Å². The van der Waals surface area contributed by atoms with Crippen LogP contribution in [0.3, 0.4) is 0 Å². The van der Waals surface area contributed by atoms with Crippen molar-refractivity contribution in [3.8, 4) is 5.88 Å². The van der Waals surface area contributed by atoms with Gasteiger partial charge >= 0.3 is 12.1 Å². The molecule has 0 aliphatic carbocycles. The van der Waals surface area contributed by atoms with Crippen molar-refractivity contribution < 1.29 is 24.2 Å². The fourth-order valence-corrected chi connectivity index (χ4v) is 4.49. The predicted molar refractivity (Wildman–Crippen MR) is 134 cm³/mol. The Bertz CT molecular complexity index is 1190. The van der Waals surface area contributed by atoms with Gasteiger partial charge in [0.05, 0.1) is 24.3 Å². The number of aromatic nitrogens is 2. The van der Waals surface area contributed by atoms with E-state index in [1.54, 1.807) is 57.4 Å². The number of pyridine rings is 2. The van der Waals surface area contributed by atoms with Crippen LogP contribution in [0.15, 0.2) is 55.0 Å². The average molecular weight is 493 g/mol. The molecule has 0 radical (unpaired) electrons. The number of carboxylic acid groups (broad SMARTS) is 1. The molecule has 0 aromatic carbocycles. The molecule has 2 aromatic rings. The van der Waals surface area contributed by atoms with Crippen molar-refractivity contribution in [1.29, 1.82) is 0 Å². The summed E-state index contributed by atoms with van der Waals surface area (Å²) >= 11 is 0. The average Bonchev–Trinajstić information content (AvgIpc) is 2.88. The van der Waals surface area contributed by atoms with Crippen LogP contribution in [0, 0.1) is 5.41 Å². The van der Waals surface area contributed by atoms with E-state index < -0.39 is 29.6 Å². The summed E-state index contributed by atoms with van der Waals surface area (Å²) in [6, 6.07) is 6.39. The van der Waals surface area contributed by atoms with Crippen molar-refractivity contribution >= 4 is 17.6 Å². The molecular weight excluding hydrogens is 460 g/mol. The molecule has 2 aliphatic rings. The summed E-state index contributed by atoms with van der Waals surface area (Å²) in [6.45, 7) is 5.40. The fourth-order valence-electron chi connectivity index (χ4n) is 4.49. The molecule has 0 bridgehead atoms. The third-order valence-electron chi connectivity index (χ3n) is 6.38. The number of carbonyl (C=O) groups is 2. The molecule has 190 valence electrons. The summed E-state index contributed by atoms with van der Waals surface area (Å²) in [4.78, 5) is 35.8. The molecule has 1 amide bonds. The smallest absolute Gasteiger partial charge is 0.408 e. The second-order valence-corrected chi connectivity index (χ2v) is 9.88. The number of hydrogen-bond acceptors (Lipinski definition) is 7. The molecule has 9 heteroatoms. The van der Waals surface area contributed by atoms with E-state index >= 15 is 0 Å². The van der Waals surface area contributed by atoms with Gasteiger partial charge in [0.1, 0.15) is 6.04 Å². The van der Waals surface area contributed by atoms with Crippen LogP contribution in [0.4, 0.5) is 4.79 Å². The summed E-state index contributed by atoms with van der Waals surface area (Å²) < 4.78 is 11.4. The van der Waals surface area contributed by atoms with Crippen LogP contribution in [0.5, 0.6) is 5.88 Å². The van der Waals surface area contributed by atoms with Gasteiger partial charge in [0.25, 0.3) is 0 Å². The number of allylic oxidation sites excluding steroid dienone is 1. The molecule has 2 aliphatic heterocycles. The third kappa shape index (κ3) is 5.19. The summed E-state index contributed by atoms with van der Waals surface area (Å²) in [5, 5.41) is 13.6. The molecule has 0 fully saturated rings. The molecule has 2 N–H and O–H groups in total. The highest BCUT2D eigenvalue weighted by Crippen LogP contribution is 2.42. The molecular formula is C27H32N4O5. The van der Waals surface area contributed by atoms with Crippen molar-refractivity contribution in [3.05, 3.63) is 71.8 Å². The molecule has 4 rings (SSSR count). The monoisotopic (exact) mass is 492 g/mol. The van der Waals surface area contributed by atoms with E-state index in [9.17, 15) is 14.7 Å². The number of carbonyl (C=O) groups excluding carboxylic acids is 1. The number of rotatable bonds is 5. The molecule has 36 heavy (non-hydrogen) atoms. The summed E-state index contributed by atoms with van der Waals surface area (Å²) in [5.41, 5.74) is 1.99. The Hall–Kier alpha value is -3.88. The maximum absolute atomic E-state index is 13.2. The van der Waals surface area contributed by atoms with E-state index in [0.29, 0.717) is 22.7 Å². The fraction of sp³-hybridized carbons (Fsp3) is 0.407. The highest BCUT2D eigenvalue weighted by atomic mass is 16.5. The van der Waals surface area contributed by atoms with Gasteiger partial charge < -0.3 is 19.9 Å². The van der Waals surface area contributed by atoms with Gasteiger partial charge in [-0.2, -0.15) is 0 Å². The number of nitrogens with one attached hydrogen (secondary N) is 1. The topological polar surface area (TPSA) is 114 Å². The van der Waals surface area contributed by atoms with Gasteiger partial charge in [-0.15, -0.1) is 0 Å².